The topological polar surface area (TPSA) is 73.1 Å². The van der Waals surface area contributed by atoms with Gasteiger partial charge in [-0.3, -0.25) is 0 Å². The fourth-order valence-corrected chi connectivity index (χ4v) is 1.97. The van der Waals surface area contributed by atoms with Gasteiger partial charge in [0.2, 0.25) is 11.8 Å². The zero-order chi connectivity index (χ0) is 14.7. The fraction of sp³-hybridized carbons (Fsp3) is 0.267. The minimum Gasteiger partial charge on any atom is -0.481 e. The van der Waals surface area contributed by atoms with Gasteiger partial charge in [0.1, 0.15) is 5.52 Å². The number of benzene rings is 1. The van der Waals surface area contributed by atoms with Crippen LogP contribution in [0.25, 0.3) is 11.1 Å². The largest absolute Gasteiger partial charge is 0.481 e. The predicted octanol–water partition coefficient (Wildman–Crippen LogP) is 2.84. The Hall–Kier alpha value is -2.63. The van der Waals surface area contributed by atoms with Crippen LogP contribution in [0.15, 0.2) is 40.9 Å². The molecular formula is C15H16N4O2. The van der Waals surface area contributed by atoms with Crippen molar-refractivity contribution in [3.8, 4) is 5.88 Å². The molecule has 1 atom stereocenters. The van der Waals surface area contributed by atoms with Gasteiger partial charge in [0.05, 0.1) is 13.0 Å². The van der Waals surface area contributed by atoms with Crippen LogP contribution in [-0.4, -0.2) is 28.6 Å². The maximum Gasteiger partial charge on any atom is 0.225 e. The van der Waals surface area contributed by atoms with Gasteiger partial charge in [-0.2, -0.15) is 4.98 Å². The summed E-state index contributed by atoms with van der Waals surface area (Å²) in [5.41, 5.74) is 1.67. The van der Waals surface area contributed by atoms with E-state index in [2.05, 4.69) is 20.3 Å². The van der Waals surface area contributed by atoms with Crippen LogP contribution in [0.2, 0.25) is 0 Å². The van der Waals surface area contributed by atoms with E-state index >= 15 is 0 Å². The third-order valence-electron chi connectivity index (χ3n) is 3.14. The van der Waals surface area contributed by atoms with Gasteiger partial charge in [-0.25, -0.2) is 9.97 Å². The zero-order valence-electron chi connectivity index (χ0n) is 11.9. The van der Waals surface area contributed by atoms with Crippen molar-refractivity contribution in [3.05, 3.63) is 42.4 Å². The lowest BCUT2D eigenvalue weighted by Gasteiger charge is -2.09. The van der Waals surface area contributed by atoms with Crippen LogP contribution in [0.1, 0.15) is 18.7 Å². The van der Waals surface area contributed by atoms with E-state index in [-0.39, 0.29) is 5.92 Å². The number of hydrogen-bond acceptors (Lipinski definition) is 6. The molecule has 108 valence electrons. The second kappa shape index (κ2) is 5.78. The first kappa shape index (κ1) is 13.4. The molecule has 2 aromatic heterocycles. The van der Waals surface area contributed by atoms with Gasteiger partial charge in [0.15, 0.2) is 11.5 Å². The Morgan fingerprint density at radius 3 is 2.90 bits per heavy atom. The average Bonchev–Trinajstić information content (AvgIpc) is 2.97. The molecule has 3 rings (SSSR count). The minimum absolute atomic E-state index is 0.104. The molecule has 0 bridgehead atoms. The Balaban J connectivity index is 1.69. The summed E-state index contributed by atoms with van der Waals surface area (Å²) in [5.74, 6) is 1.86. The molecule has 0 spiro atoms. The number of para-hydroxylation sites is 2. The van der Waals surface area contributed by atoms with E-state index in [0.717, 1.165) is 11.1 Å². The Morgan fingerprint density at radius 2 is 2.10 bits per heavy atom. The lowest BCUT2D eigenvalue weighted by molar-refractivity contribution is 0.397. The number of anilines is 1. The first-order valence-corrected chi connectivity index (χ1v) is 6.72. The van der Waals surface area contributed by atoms with Crippen molar-refractivity contribution in [2.45, 2.75) is 12.8 Å². The quantitative estimate of drug-likeness (QED) is 0.776. The molecule has 21 heavy (non-hydrogen) atoms. The van der Waals surface area contributed by atoms with Crippen molar-refractivity contribution in [2.24, 2.45) is 0 Å². The molecule has 6 heteroatoms. The van der Waals surface area contributed by atoms with Crippen molar-refractivity contribution in [1.82, 2.24) is 15.0 Å². The lowest BCUT2D eigenvalue weighted by Crippen LogP contribution is -2.12. The molecule has 1 aromatic carbocycles. The Morgan fingerprint density at radius 1 is 1.24 bits per heavy atom. The number of fused-ring (bicyclic) bond motifs is 1. The number of oxazole rings is 1. The number of hydrogen-bond donors (Lipinski definition) is 1. The minimum atomic E-state index is 0.104. The molecule has 6 nitrogen and oxygen atoms in total. The van der Waals surface area contributed by atoms with Crippen LogP contribution in [0.4, 0.5) is 5.95 Å². The highest BCUT2D eigenvalue weighted by molar-refractivity contribution is 5.72. The second-order valence-corrected chi connectivity index (χ2v) is 4.72. The molecule has 0 saturated heterocycles. The van der Waals surface area contributed by atoms with E-state index in [4.69, 9.17) is 9.15 Å². The van der Waals surface area contributed by atoms with Gasteiger partial charge < -0.3 is 14.5 Å². The SMILES string of the molecule is COc1ccnc(NCC(C)c2nc3ccccc3o2)n1. The summed E-state index contributed by atoms with van der Waals surface area (Å²) in [4.78, 5) is 12.8. The second-order valence-electron chi connectivity index (χ2n) is 4.72. The zero-order valence-corrected chi connectivity index (χ0v) is 11.9. The first-order chi connectivity index (χ1) is 10.3. The molecule has 1 unspecified atom stereocenters. The molecule has 0 aliphatic rings. The Kier molecular flexibility index (Phi) is 3.68. The third kappa shape index (κ3) is 2.94. The average molecular weight is 284 g/mol. The molecule has 0 fully saturated rings. The third-order valence-corrected chi connectivity index (χ3v) is 3.14. The number of ether oxygens (including phenoxy) is 1. The van der Waals surface area contributed by atoms with Gasteiger partial charge in [-0.05, 0) is 12.1 Å². The smallest absolute Gasteiger partial charge is 0.225 e. The summed E-state index contributed by atoms with van der Waals surface area (Å²) in [5, 5.41) is 3.16. The molecule has 0 radical (unpaired) electrons. The highest BCUT2D eigenvalue weighted by atomic mass is 16.5. The number of methoxy groups -OCH3 is 1. The molecule has 1 N–H and O–H groups in total. The van der Waals surface area contributed by atoms with Gasteiger partial charge in [-0.1, -0.05) is 19.1 Å². The van der Waals surface area contributed by atoms with Gasteiger partial charge >= 0.3 is 0 Å². The Labute approximate surface area is 122 Å². The van der Waals surface area contributed by atoms with E-state index < -0.39 is 0 Å². The molecule has 2 heterocycles. The van der Waals surface area contributed by atoms with Crippen molar-refractivity contribution in [1.29, 1.82) is 0 Å². The standard InChI is InChI=1S/C15H16N4O2/c1-10(9-17-15-16-8-7-13(19-15)20-2)14-18-11-5-3-4-6-12(11)21-14/h3-8,10H,9H2,1-2H3,(H,16,17,19). The fourth-order valence-electron chi connectivity index (χ4n) is 1.97. The van der Waals surface area contributed by atoms with Crippen molar-refractivity contribution in [2.75, 3.05) is 19.0 Å². The highest BCUT2D eigenvalue weighted by Gasteiger charge is 2.13. The first-order valence-electron chi connectivity index (χ1n) is 6.72. The van der Waals surface area contributed by atoms with E-state index in [1.54, 1.807) is 19.4 Å². The van der Waals surface area contributed by atoms with Crippen molar-refractivity contribution < 1.29 is 9.15 Å². The van der Waals surface area contributed by atoms with E-state index in [1.165, 1.54) is 0 Å². The van der Waals surface area contributed by atoms with Gasteiger partial charge in [0, 0.05) is 18.8 Å². The van der Waals surface area contributed by atoms with Gasteiger partial charge in [-0.15, -0.1) is 0 Å². The van der Waals surface area contributed by atoms with Crippen LogP contribution in [0.3, 0.4) is 0 Å². The van der Waals surface area contributed by atoms with Gasteiger partial charge in [0.25, 0.3) is 0 Å². The molecule has 0 saturated carbocycles. The van der Waals surface area contributed by atoms with Crippen LogP contribution in [0, 0.1) is 0 Å². The van der Waals surface area contributed by atoms with E-state index in [9.17, 15) is 0 Å². The van der Waals surface area contributed by atoms with Crippen molar-refractivity contribution >= 4 is 17.0 Å². The van der Waals surface area contributed by atoms with Crippen LogP contribution in [-0.2, 0) is 0 Å². The molecule has 0 aliphatic heterocycles. The number of nitrogens with one attached hydrogen (secondary N) is 1. The summed E-state index contributed by atoms with van der Waals surface area (Å²) in [7, 11) is 1.58. The predicted molar refractivity (Wildman–Crippen MR) is 79.5 cm³/mol. The van der Waals surface area contributed by atoms with Crippen LogP contribution in [0.5, 0.6) is 5.88 Å². The van der Waals surface area contributed by atoms with Crippen molar-refractivity contribution in [3.63, 3.8) is 0 Å². The van der Waals surface area contributed by atoms with Crippen LogP contribution < -0.4 is 10.1 Å². The lowest BCUT2D eigenvalue weighted by atomic mass is 10.2. The summed E-state index contributed by atoms with van der Waals surface area (Å²) < 4.78 is 10.8. The van der Waals surface area contributed by atoms with Crippen LogP contribution >= 0.6 is 0 Å². The maximum atomic E-state index is 5.75. The summed E-state index contributed by atoms with van der Waals surface area (Å²) >= 11 is 0. The highest BCUT2D eigenvalue weighted by Crippen LogP contribution is 2.21. The molecule has 3 aromatic rings. The molecule has 0 amide bonds. The number of nitrogens with zero attached hydrogens (tertiary/aromatic N) is 3. The maximum absolute atomic E-state index is 5.75. The molecular weight excluding hydrogens is 268 g/mol. The molecule has 0 aliphatic carbocycles. The normalized spacial score (nSPS) is 12.3. The Bertz CT molecular complexity index is 708. The van der Waals surface area contributed by atoms with E-state index in [1.807, 2.05) is 31.2 Å². The number of aromatic nitrogens is 3. The summed E-state index contributed by atoms with van der Waals surface area (Å²) in [6.07, 6.45) is 1.65. The van der Waals surface area contributed by atoms with E-state index in [0.29, 0.717) is 24.3 Å². The monoisotopic (exact) mass is 284 g/mol. The summed E-state index contributed by atoms with van der Waals surface area (Å²) in [6, 6.07) is 9.44. The number of rotatable bonds is 5. The summed E-state index contributed by atoms with van der Waals surface area (Å²) in [6.45, 7) is 2.66.